The van der Waals surface area contributed by atoms with Gasteiger partial charge in [0.1, 0.15) is 17.1 Å². The Morgan fingerprint density at radius 2 is 2.04 bits per heavy atom. The minimum absolute atomic E-state index is 0.00224. The number of nitrogens with zero attached hydrogens (tertiary/aromatic N) is 4. The third-order valence-electron chi connectivity index (χ3n) is 3.66. The van der Waals surface area contributed by atoms with E-state index in [4.69, 9.17) is 27.9 Å². The van der Waals surface area contributed by atoms with Gasteiger partial charge in [0.2, 0.25) is 5.88 Å². The van der Waals surface area contributed by atoms with Crippen molar-refractivity contribution in [3.63, 3.8) is 0 Å². The lowest BCUT2D eigenvalue weighted by Gasteiger charge is -2.11. The second-order valence-corrected chi connectivity index (χ2v) is 6.40. The van der Waals surface area contributed by atoms with Crippen molar-refractivity contribution in [1.82, 2.24) is 14.8 Å². The predicted molar refractivity (Wildman–Crippen MR) is 94.1 cm³/mol. The molecule has 0 saturated heterocycles. The minimum atomic E-state index is -4.25. The first-order valence-electron chi connectivity index (χ1n) is 7.74. The first-order valence-corrected chi connectivity index (χ1v) is 8.49. The van der Waals surface area contributed by atoms with Crippen molar-refractivity contribution in [3.05, 3.63) is 46.2 Å². The molecule has 10 heteroatoms. The lowest BCUT2D eigenvalue weighted by molar-refractivity contribution is -0.135. The smallest absolute Gasteiger partial charge is 0.389 e. The number of nitriles is 1. The lowest BCUT2D eigenvalue weighted by atomic mass is 10.2. The topological polar surface area (TPSA) is 63.7 Å². The van der Waals surface area contributed by atoms with Gasteiger partial charge in [-0.2, -0.15) is 23.5 Å². The van der Waals surface area contributed by atoms with Crippen molar-refractivity contribution in [2.75, 3.05) is 0 Å². The summed E-state index contributed by atoms with van der Waals surface area (Å²) in [4.78, 5) is 3.99. The number of benzene rings is 1. The summed E-state index contributed by atoms with van der Waals surface area (Å²) < 4.78 is 44.4. The molecule has 0 N–H and O–H groups in total. The zero-order valence-corrected chi connectivity index (χ0v) is 15.1. The molecule has 0 aliphatic carbocycles. The van der Waals surface area contributed by atoms with Crippen LogP contribution >= 0.6 is 23.2 Å². The van der Waals surface area contributed by atoms with E-state index in [1.807, 2.05) is 6.07 Å². The molecule has 0 bridgehead atoms. The Morgan fingerprint density at radius 1 is 1.26 bits per heavy atom. The zero-order valence-electron chi connectivity index (χ0n) is 13.6. The second kappa shape index (κ2) is 7.62. The van der Waals surface area contributed by atoms with Crippen LogP contribution in [0.15, 0.2) is 30.5 Å². The summed E-state index contributed by atoms with van der Waals surface area (Å²) in [7, 11) is 0. The molecular weight excluding hydrogens is 404 g/mol. The van der Waals surface area contributed by atoms with Crippen LogP contribution < -0.4 is 4.74 Å². The molecule has 0 aliphatic rings. The lowest BCUT2D eigenvalue weighted by Crippen LogP contribution is -2.10. The zero-order chi connectivity index (χ0) is 19.6. The quantitative estimate of drug-likeness (QED) is 0.533. The van der Waals surface area contributed by atoms with Crippen molar-refractivity contribution in [3.8, 4) is 17.7 Å². The summed E-state index contributed by atoms with van der Waals surface area (Å²) >= 11 is 11.9. The summed E-state index contributed by atoms with van der Waals surface area (Å²) in [6, 6.07) is 8.26. The van der Waals surface area contributed by atoms with E-state index in [0.717, 1.165) is 0 Å². The summed E-state index contributed by atoms with van der Waals surface area (Å²) in [5.41, 5.74) is 0.541. The van der Waals surface area contributed by atoms with Gasteiger partial charge in [-0.3, -0.25) is 4.68 Å². The van der Waals surface area contributed by atoms with Crippen molar-refractivity contribution in [2.45, 2.75) is 25.6 Å². The molecule has 0 aliphatic heterocycles. The Bertz CT molecular complexity index is 1030. The molecule has 0 amide bonds. The molecule has 27 heavy (non-hydrogen) atoms. The Hall–Kier alpha value is -2.50. The number of hydrogen-bond acceptors (Lipinski definition) is 4. The number of rotatable bonds is 5. The fourth-order valence-electron chi connectivity index (χ4n) is 2.53. The third kappa shape index (κ3) is 4.43. The second-order valence-electron chi connectivity index (χ2n) is 5.61. The first kappa shape index (κ1) is 19.3. The Balaban J connectivity index is 1.98. The van der Waals surface area contributed by atoms with Crippen LogP contribution in [0.25, 0.3) is 10.9 Å². The van der Waals surface area contributed by atoms with Crippen LogP contribution in [0.4, 0.5) is 13.2 Å². The monoisotopic (exact) mass is 414 g/mol. The van der Waals surface area contributed by atoms with Crippen LogP contribution in [0.5, 0.6) is 11.6 Å². The number of halogens is 5. The highest BCUT2D eigenvalue weighted by atomic mass is 35.5. The maximum atomic E-state index is 12.4. The minimum Gasteiger partial charge on any atom is -0.435 e. The van der Waals surface area contributed by atoms with Gasteiger partial charge in [-0.1, -0.05) is 29.3 Å². The van der Waals surface area contributed by atoms with E-state index < -0.39 is 12.6 Å². The molecule has 0 unspecified atom stereocenters. The molecule has 0 radical (unpaired) electrons. The number of aromatic nitrogens is 3. The molecule has 2 heterocycles. The van der Waals surface area contributed by atoms with E-state index in [1.165, 1.54) is 16.9 Å². The van der Waals surface area contributed by atoms with Crippen LogP contribution in [-0.2, 0) is 6.54 Å². The van der Waals surface area contributed by atoms with Gasteiger partial charge in [0.05, 0.1) is 5.02 Å². The van der Waals surface area contributed by atoms with E-state index in [1.54, 1.807) is 18.2 Å². The highest BCUT2D eigenvalue weighted by molar-refractivity contribution is 6.34. The number of para-hydroxylation sites is 1. The molecular formula is C17H11Cl2F3N4O. The van der Waals surface area contributed by atoms with E-state index in [0.29, 0.717) is 10.9 Å². The van der Waals surface area contributed by atoms with E-state index >= 15 is 0 Å². The average Bonchev–Trinajstić information content (AvgIpc) is 2.92. The molecule has 3 rings (SSSR count). The molecule has 140 valence electrons. The van der Waals surface area contributed by atoms with Gasteiger partial charge in [-0.15, -0.1) is 0 Å². The molecule has 2 aromatic heterocycles. The van der Waals surface area contributed by atoms with Crippen molar-refractivity contribution >= 4 is 34.1 Å². The molecule has 3 aromatic rings. The number of aryl methyl sites for hydroxylation is 1. The standard InChI is InChI=1S/C17H11Cl2F3N4O/c18-11-7-10(8-23)16(24-9-11)27-13-4-1-3-12-14(13)26(25-15(12)19)6-2-5-17(20,21)22/h1,3-4,7,9H,2,5-6H2. The predicted octanol–water partition coefficient (Wildman–Crippen LogP) is 5.74. The highest BCUT2D eigenvalue weighted by Gasteiger charge is 2.26. The van der Waals surface area contributed by atoms with Crippen LogP contribution in [0, 0.1) is 11.3 Å². The van der Waals surface area contributed by atoms with E-state index in [9.17, 15) is 18.4 Å². The maximum absolute atomic E-state index is 12.4. The maximum Gasteiger partial charge on any atom is 0.389 e. The van der Waals surface area contributed by atoms with Gasteiger partial charge in [-0.25, -0.2) is 4.98 Å². The molecule has 0 spiro atoms. The van der Waals surface area contributed by atoms with Crippen LogP contribution in [0.2, 0.25) is 10.2 Å². The van der Waals surface area contributed by atoms with Crippen molar-refractivity contribution < 1.29 is 17.9 Å². The van der Waals surface area contributed by atoms with Gasteiger partial charge in [0.15, 0.2) is 10.9 Å². The fraction of sp³-hybridized carbons (Fsp3) is 0.235. The van der Waals surface area contributed by atoms with Crippen LogP contribution in [0.3, 0.4) is 0 Å². The number of pyridine rings is 1. The van der Waals surface area contributed by atoms with Gasteiger partial charge < -0.3 is 4.74 Å². The van der Waals surface area contributed by atoms with Gasteiger partial charge in [-0.05, 0) is 24.6 Å². The van der Waals surface area contributed by atoms with Gasteiger partial charge in [0.25, 0.3) is 0 Å². The van der Waals surface area contributed by atoms with E-state index in [2.05, 4.69) is 10.1 Å². The van der Waals surface area contributed by atoms with Crippen LogP contribution in [0.1, 0.15) is 18.4 Å². The molecule has 0 atom stereocenters. The Morgan fingerprint density at radius 3 is 2.74 bits per heavy atom. The van der Waals surface area contributed by atoms with E-state index in [-0.39, 0.29) is 40.3 Å². The molecule has 1 aromatic carbocycles. The third-order valence-corrected chi connectivity index (χ3v) is 4.15. The fourth-order valence-corrected chi connectivity index (χ4v) is 2.93. The Labute approximate surface area is 161 Å². The number of fused-ring (bicyclic) bond motifs is 1. The molecule has 5 nitrogen and oxygen atoms in total. The van der Waals surface area contributed by atoms with Crippen molar-refractivity contribution in [1.29, 1.82) is 5.26 Å². The summed E-state index contributed by atoms with van der Waals surface area (Å²) in [6.07, 6.45) is -4.02. The molecule has 0 fully saturated rings. The SMILES string of the molecule is N#Cc1cc(Cl)cnc1Oc1cccc2c(Cl)nn(CCCC(F)(F)F)c12. The largest absolute Gasteiger partial charge is 0.435 e. The average molecular weight is 415 g/mol. The summed E-state index contributed by atoms with van der Waals surface area (Å²) in [5.74, 6) is 0.291. The Kier molecular flexibility index (Phi) is 5.44. The summed E-state index contributed by atoms with van der Waals surface area (Å²) in [5, 5.41) is 14.3. The number of hydrogen-bond donors (Lipinski definition) is 0. The highest BCUT2D eigenvalue weighted by Crippen LogP contribution is 2.34. The van der Waals surface area contributed by atoms with Gasteiger partial charge in [0, 0.05) is 24.5 Å². The normalized spacial score (nSPS) is 11.6. The number of ether oxygens (including phenoxy) is 1. The van der Waals surface area contributed by atoms with Crippen LogP contribution in [-0.4, -0.2) is 20.9 Å². The van der Waals surface area contributed by atoms with Gasteiger partial charge >= 0.3 is 6.18 Å². The molecule has 0 saturated carbocycles. The number of alkyl halides is 3. The summed E-state index contributed by atoms with van der Waals surface area (Å²) in [6.45, 7) is 0.00224. The van der Waals surface area contributed by atoms with Crippen molar-refractivity contribution in [2.24, 2.45) is 0 Å². The first-order chi connectivity index (χ1) is 12.8.